The van der Waals surface area contributed by atoms with Crippen LogP contribution in [0.1, 0.15) is 33.4 Å². The molecule has 0 fully saturated rings. The molecule has 2 aliphatic heterocycles. The smallest absolute Gasteiger partial charge is 0.247 e. The lowest BCUT2D eigenvalue weighted by Crippen LogP contribution is -2.64. The van der Waals surface area contributed by atoms with Gasteiger partial charge in [0.05, 0.1) is 11.0 Å². The van der Waals surface area contributed by atoms with Gasteiger partial charge in [0, 0.05) is 38.0 Å². The summed E-state index contributed by atoms with van der Waals surface area (Å²) in [6.07, 6.45) is 0. The van der Waals surface area contributed by atoms with Gasteiger partial charge in [-0.25, -0.2) is 0 Å². The van der Waals surface area contributed by atoms with E-state index in [2.05, 4.69) is 149 Å². The average Bonchev–Trinajstić information content (AvgIpc) is 3.80. The molecule has 10 aromatic rings. The topological polar surface area (TPSA) is 31.2 Å². The van der Waals surface area contributed by atoms with Crippen LogP contribution >= 0.6 is 0 Å². The van der Waals surface area contributed by atoms with E-state index in [9.17, 15) is 0 Å². The normalized spacial score (nSPS) is 13.4. The third-order valence-corrected chi connectivity index (χ3v) is 12.7. The number of benzene rings is 7. The van der Waals surface area contributed by atoms with Crippen LogP contribution in [0.3, 0.4) is 0 Å². The van der Waals surface area contributed by atoms with Crippen LogP contribution in [-0.4, -0.2) is 18.0 Å². The van der Waals surface area contributed by atoms with Crippen molar-refractivity contribution in [2.24, 2.45) is 0 Å². The number of aromatic nitrogens is 1. The van der Waals surface area contributed by atoms with Gasteiger partial charge in [-0.05, 0) is 87.7 Å². The molecule has 0 aliphatic carbocycles. The van der Waals surface area contributed by atoms with E-state index in [1.807, 2.05) is 0 Å². The van der Waals surface area contributed by atoms with Gasteiger partial charge in [-0.2, -0.15) is 0 Å². The van der Waals surface area contributed by atoms with Crippen molar-refractivity contribution in [1.82, 2.24) is 4.57 Å². The third-order valence-electron chi connectivity index (χ3n) is 12.7. The number of rotatable bonds is 2. The van der Waals surface area contributed by atoms with Gasteiger partial charge in [0.2, 0.25) is 13.4 Å². The summed E-state index contributed by atoms with van der Waals surface area (Å²) >= 11 is 0. The lowest BCUT2D eigenvalue weighted by molar-refractivity contribution is 0.669. The molecule has 3 nitrogen and oxygen atoms in total. The fraction of sp³-hybridized carbons (Fsp3) is 0.125. The van der Waals surface area contributed by atoms with E-state index in [1.54, 1.807) is 0 Å². The zero-order valence-corrected chi connectivity index (χ0v) is 30.7. The Morgan fingerprint density at radius 1 is 0.415 bits per heavy atom. The fourth-order valence-electron chi connectivity index (χ4n) is 11.1. The lowest BCUT2D eigenvalue weighted by Gasteiger charge is -2.35. The summed E-state index contributed by atoms with van der Waals surface area (Å²) in [4.78, 5) is 0. The molecule has 0 spiro atoms. The zero-order chi connectivity index (χ0) is 35.6. The molecule has 0 radical (unpaired) electrons. The van der Waals surface area contributed by atoms with Crippen LogP contribution in [-0.2, 0) is 0 Å². The maximum absolute atomic E-state index is 6.86. The number of hydrogen-bond donors (Lipinski definition) is 0. The first kappa shape index (κ1) is 29.6. The molecule has 53 heavy (non-hydrogen) atoms. The van der Waals surface area contributed by atoms with Gasteiger partial charge in [-0.15, -0.1) is 0 Å². The second-order valence-corrected chi connectivity index (χ2v) is 15.9. The number of aryl methyl sites for hydroxylation is 6. The number of fused-ring (bicyclic) bond motifs is 9. The molecule has 3 aromatic heterocycles. The monoisotopic (exact) mass is 679 g/mol. The first-order valence-corrected chi connectivity index (χ1v) is 18.8. The van der Waals surface area contributed by atoms with Gasteiger partial charge in [0.1, 0.15) is 22.3 Å². The maximum Gasteiger partial charge on any atom is 0.247 e. The summed E-state index contributed by atoms with van der Waals surface area (Å²) in [7, 11) is 0. The Bertz CT molecular complexity index is 3060. The van der Waals surface area contributed by atoms with Crippen molar-refractivity contribution in [3.63, 3.8) is 0 Å². The van der Waals surface area contributed by atoms with E-state index in [-0.39, 0.29) is 13.4 Å². The summed E-state index contributed by atoms with van der Waals surface area (Å²) < 4.78 is 16.4. The second-order valence-electron chi connectivity index (χ2n) is 15.9. The number of nitrogens with zero attached hydrogens (tertiary/aromatic N) is 1. The SMILES string of the molecule is Cc1cc(C)c(B2c3cccc4c3-n3c5c2cc2oc6ccccc6c2c5c2c5c(cc(c23)B4c2c(C)cc(C)cc2C)oc2ccccc25)c(C)c1. The summed E-state index contributed by atoms with van der Waals surface area (Å²) in [5.41, 5.74) is 23.6. The largest absolute Gasteiger partial charge is 0.456 e. The van der Waals surface area contributed by atoms with Crippen molar-refractivity contribution in [3.8, 4) is 5.69 Å². The van der Waals surface area contributed by atoms with Crippen LogP contribution in [0.15, 0.2) is 112 Å². The lowest BCUT2D eigenvalue weighted by atomic mass is 9.30. The minimum atomic E-state index is 0.0291. The molecule has 0 atom stereocenters. The molecule has 0 saturated heterocycles. The summed E-state index contributed by atoms with van der Waals surface area (Å²) in [6, 6.07) is 38.4. The Morgan fingerprint density at radius 2 is 0.830 bits per heavy atom. The highest BCUT2D eigenvalue weighted by Crippen LogP contribution is 2.46. The predicted octanol–water partition coefficient (Wildman–Crippen LogP) is 8.09. The molecule has 12 rings (SSSR count). The second kappa shape index (κ2) is 9.93. The molecule has 5 heterocycles. The van der Waals surface area contributed by atoms with Crippen LogP contribution < -0.4 is 32.8 Å². The minimum absolute atomic E-state index is 0.0291. The molecule has 2 aliphatic rings. The van der Waals surface area contributed by atoms with Crippen molar-refractivity contribution in [2.75, 3.05) is 0 Å². The Kier molecular flexibility index (Phi) is 5.55. The first-order valence-electron chi connectivity index (χ1n) is 18.8. The summed E-state index contributed by atoms with van der Waals surface area (Å²) in [6.45, 7) is 13.7. The number of hydrogen-bond acceptors (Lipinski definition) is 2. The van der Waals surface area contributed by atoms with E-state index < -0.39 is 0 Å². The third kappa shape index (κ3) is 3.58. The van der Waals surface area contributed by atoms with E-state index >= 15 is 0 Å². The average molecular weight is 679 g/mol. The highest BCUT2D eigenvalue weighted by Gasteiger charge is 2.44. The standard InChI is InChI=1S/C48H35B2NO2/c1-24-18-26(3)44(27(4)19-24)49-32-14-11-15-33-46(32)51-47-34(49)22-38-40(30-12-7-9-16-36(30)52-38)42(47)43-41-31-13-8-10-17-37(31)53-39(41)23-35(48(43)51)50(33)45-28(5)20-25(2)21-29(45)6/h7-23H,1-6H3. The van der Waals surface area contributed by atoms with Crippen LogP contribution in [0, 0.1) is 41.5 Å². The van der Waals surface area contributed by atoms with E-state index in [1.165, 1.54) is 104 Å². The van der Waals surface area contributed by atoms with E-state index in [4.69, 9.17) is 8.83 Å². The molecule has 0 amide bonds. The molecule has 0 saturated carbocycles. The molecule has 0 N–H and O–H groups in total. The van der Waals surface area contributed by atoms with Crippen LogP contribution in [0.5, 0.6) is 0 Å². The molecule has 0 unspecified atom stereocenters. The Hall–Kier alpha value is -5.93. The maximum atomic E-state index is 6.86. The molecular formula is C48H35B2NO2. The minimum Gasteiger partial charge on any atom is -0.456 e. The van der Waals surface area contributed by atoms with Crippen molar-refractivity contribution in [1.29, 1.82) is 0 Å². The summed E-state index contributed by atoms with van der Waals surface area (Å²) in [5, 5.41) is 7.20. The Balaban J connectivity index is 1.41. The van der Waals surface area contributed by atoms with Gasteiger partial charge < -0.3 is 13.4 Å². The summed E-state index contributed by atoms with van der Waals surface area (Å²) in [5.74, 6) is 0. The van der Waals surface area contributed by atoms with Crippen LogP contribution in [0.4, 0.5) is 0 Å². The van der Waals surface area contributed by atoms with Gasteiger partial charge in [0.15, 0.2) is 0 Å². The van der Waals surface area contributed by atoms with Crippen LogP contribution in [0.25, 0.3) is 71.4 Å². The highest BCUT2D eigenvalue weighted by atomic mass is 16.3. The van der Waals surface area contributed by atoms with Gasteiger partial charge in [-0.3, -0.25) is 0 Å². The highest BCUT2D eigenvalue weighted by molar-refractivity contribution is 7.02. The van der Waals surface area contributed by atoms with Gasteiger partial charge in [0.25, 0.3) is 0 Å². The van der Waals surface area contributed by atoms with E-state index in [0.717, 1.165) is 33.1 Å². The van der Waals surface area contributed by atoms with Crippen molar-refractivity contribution in [2.45, 2.75) is 41.5 Å². The van der Waals surface area contributed by atoms with Crippen LogP contribution in [0.2, 0.25) is 0 Å². The molecular weight excluding hydrogens is 644 g/mol. The molecule has 5 heteroatoms. The fourth-order valence-corrected chi connectivity index (χ4v) is 11.1. The van der Waals surface area contributed by atoms with Crippen molar-refractivity contribution < 1.29 is 8.83 Å². The quantitative estimate of drug-likeness (QED) is 0.173. The first-order chi connectivity index (χ1) is 25.8. The molecule has 250 valence electrons. The Labute approximate surface area is 308 Å². The predicted molar refractivity (Wildman–Crippen MR) is 226 cm³/mol. The van der Waals surface area contributed by atoms with Gasteiger partial charge in [-0.1, -0.05) is 123 Å². The van der Waals surface area contributed by atoms with Crippen molar-refractivity contribution in [3.05, 3.63) is 137 Å². The van der Waals surface area contributed by atoms with E-state index in [0.29, 0.717) is 0 Å². The van der Waals surface area contributed by atoms with Crippen molar-refractivity contribution >= 4 is 112 Å². The molecule has 0 bridgehead atoms. The zero-order valence-electron chi connectivity index (χ0n) is 30.7. The number of furan rings is 2. The molecule has 7 aromatic carbocycles. The Morgan fingerprint density at radius 3 is 1.26 bits per heavy atom. The number of para-hydroxylation sites is 3. The van der Waals surface area contributed by atoms with Gasteiger partial charge >= 0.3 is 0 Å².